The number of amides is 1. The predicted octanol–water partition coefficient (Wildman–Crippen LogP) is 2.48. The SMILES string of the molecule is C[C@@H](C(=O)Nc1ccccc1)N(c1ccccc1)S(C)(=O)=O. The molecule has 0 radical (unpaired) electrons. The van der Waals surface area contributed by atoms with Gasteiger partial charge in [0.1, 0.15) is 6.04 Å². The Labute approximate surface area is 130 Å². The summed E-state index contributed by atoms with van der Waals surface area (Å²) in [5.74, 6) is -0.388. The zero-order valence-corrected chi connectivity index (χ0v) is 13.2. The molecule has 1 atom stereocenters. The van der Waals surface area contributed by atoms with Crippen LogP contribution in [-0.2, 0) is 14.8 Å². The fourth-order valence-corrected chi connectivity index (χ4v) is 3.33. The van der Waals surface area contributed by atoms with E-state index < -0.39 is 16.1 Å². The van der Waals surface area contributed by atoms with Crippen molar-refractivity contribution in [1.82, 2.24) is 0 Å². The molecule has 116 valence electrons. The summed E-state index contributed by atoms with van der Waals surface area (Å²) >= 11 is 0. The molecule has 0 spiro atoms. The molecule has 5 nitrogen and oxygen atoms in total. The van der Waals surface area contributed by atoms with E-state index in [-0.39, 0.29) is 5.91 Å². The van der Waals surface area contributed by atoms with Crippen LogP contribution < -0.4 is 9.62 Å². The second-order valence-corrected chi connectivity index (χ2v) is 6.79. The van der Waals surface area contributed by atoms with Gasteiger partial charge in [-0.05, 0) is 31.2 Å². The summed E-state index contributed by atoms with van der Waals surface area (Å²) in [5.41, 5.74) is 1.08. The van der Waals surface area contributed by atoms with Crippen molar-refractivity contribution in [3.8, 4) is 0 Å². The van der Waals surface area contributed by atoms with Gasteiger partial charge < -0.3 is 5.32 Å². The Morgan fingerprint density at radius 3 is 2.00 bits per heavy atom. The summed E-state index contributed by atoms with van der Waals surface area (Å²) in [6.07, 6.45) is 1.09. The van der Waals surface area contributed by atoms with Crippen molar-refractivity contribution in [3.05, 3.63) is 60.7 Å². The van der Waals surface area contributed by atoms with Gasteiger partial charge in [-0.25, -0.2) is 8.42 Å². The number of anilines is 2. The molecule has 0 aromatic heterocycles. The summed E-state index contributed by atoms with van der Waals surface area (Å²) in [6.45, 7) is 1.56. The van der Waals surface area contributed by atoms with E-state index in [9.17, 15) is 13.2 Å². The highest BCUT2D eigenvalue weighted by Crippen LogP contribution is 2.21. The van der Waals surface area contributed by atoms with Gasteiger partial charge >= 0.3 is 0 Å². The van der Waals surface area contributed by atoms with Gasteiger partial charge in [-0.1, -0.05) is 36.4 Å². The van der Waals surface area contributed by atoms with E-state index in [0.29, 0.717) is 11.4 Å². The van der Waals surface area contributed by atoms with E-state index in [4.69, 9.17) is 0 Å². The van der Waals surface area contributed by atoms with Crippen molar-refractivity contribution in [2.45, 2.75) is 13.0 Å². The van der Waals surface area contributed by atoms with Crippen LogP contribution in [0.5, 0.6) is 0 Å². The minimum Gasteiger partial charge on any atom is -0.324 e. The lowest BCUT2D eigenvalue weighted by atomic mass is 10.2. The van der Waals surface area contributed by atoms with Crippen LogP contribution >= 0.6 is 0 Å². The van der Waals surface area contributed by atoms with Crippen molar-refractivity contribution < 1.29 is 13.2 Å². The first kappa shape index (κ1) is 16.0. The summed E-state index contributed by atoms with van der Waals surface area (Å²) < 4.78 is 25.3. The van der Waals surface area contributed by atoms with Gasteiger partial charge in [0.05, 0.1) is 11.9 Å². The van der Waals surface area contributed by atoms with Crippen LogP contribution in [-0.4, -0.2) is 26.6 Å². The molecule has 2 rings (SSSR count). The molecule has 0 aliphatic rings. The number of nitrogens with zero attached hydrogens (tertiary/aromatic N) is 1. The molecule has 0 aliphatic heterocycles. The standard InChI is InChI=1S/C16H18N2O3S/c1-13(16(19)17-14-9-5-3-6-10-14)18(22(2,20)21)15-11-7-4-8-12-15/h3-13H,1-2H3,(H,17,19)/t13-/m0/s1. The van der Waals surface area contributed by atoms with Crippen LogP contribution in [0.25, 0.3) is 0 Å². The number of hydrogen-bond acceptors (Lipinski definition) is 3. The second-order valence-electron chi connectivity index (χ2n) is 4.93. The molecule has 1 amide bonds. The van der Waals surface area contributed by atoms with Gasteiger partial charge in [0.15, 0.2) is 0 Å². The van der Waals surface area contributed by atoms with Crippen molar-refractivity contribution in [3.63, 3.8) is 0 Å². The number of sulfonamides is 1. The van der Waals surface area contributed by atoms with Crippen molar-refractivity contribution in [1.29, 1.82) is 0 Å². The maximum absolute atomic E-state index is 12.4. The lowest BCUT2D eigenvalue weighted by Crippen LogP contribution is -2.45. The van der Waals surface area contributed by atoms with Crippen molar-refractivity contribution in [2.24, 2.45) is 0 Å². The monoisotopic (exact) mass is 318 g/mol. The molecule has 2 aromatic rings. The first-order valence-electron chi connectivity index (χ1n) is 6.80. The maximum atomic E-state index is 12.4. The molecule has 0 saturated heterocycles. The Morgan fingerprint density at radius 2 is 1.50 bits per heavy atom. The fourth-order valence-electron chi connectivity index (χ4n) is 2.15. The summed E-state index contributed by atoms with van der Waals surface area (Å²) in [7, 11) is -3.58. The summed E-state index contributed by atoms with van der Waals surface area (Å²) in [6, 6.07) is 16.6. The predicted molar refractivity (Wildman–Crippen MR) is 88.3 cm³/mol. The van der Waals surface area contributed by atoms with E-state index in [0.717, 1.165) is 10.6 Å². The molecule has 1 N–H and O–H groups in total. The minimum absolute atomic E-state index is 0.388. The quantitative estimate of drug-likeness (QED) is 0.921. The van der Waals surface area contributed by atoms with Gasteiger partial charge in [-0.2, -0.15) is 0 Å². The van der Waals surface area contributed by atoms with Crippen LogP contribution in [0.4, 0.5) is 11.4 Å². The van der Waals surface area contributed by atoms with Crippen molar-refractivity contribution >= 4 is 27.3 Å². The van der Waals surface area contributed by atoms with Gasteiger partial charge in [0, 0.05) is 5.69 Å². The molecule has 0 unspecified atom stereocenters. The van der Waals surface area contributed by atoms with Gasteiger partial charge in [-0.15, -0.1) is 0 Å². The van der Waals surface area contributed by atoms with Crippen LogP contribution in [0.1, 0.15) is 6.92 Å². The molecule has 0 fully saturated rings. The molecule has 0 bridgehead atoms. The van der Waals surface area contributed by atoms with Crippen LogP contribution in [0, 0.1) is 0 Å². The molecular formula is C16H18N2O3S. The van der Waals surface area contributed by atoms with Gasteiger partial charge in [0.25, 0.3) is 0 Å². The zero-order valence-electron chi connectivity index (χ0n) is 12.4. The molecule has 6 heteroatoms. The lowest BCUT2D eigenvalue weighted by molar-refractivity contribution is -0.116. The average molecular weight is 318 g/mol. The molecule has 0 saturated carbocycles. The minimum atomic E-state index is -3.58. The number of nitrogens with one attached hydrogen (secondary N) is 1. The number of hydrogen-bond donors (Lipinski definition) is 1. The Balaban J connectivity index is 2.27. The number of para-hydroxylation sites is 2. The van der Waals surface area contributed by atoms with Gasteiger partial charge in [-0.3, -0.25) is 9.10 Å². The molecular weight excluding hydrogens is 300 g/mol. The number of carbonyl (C=O) groups is 1. The first-order chi connectivity index (χ1) is 10.4. The fraction of sp³-hybridized carbons (Fsp3) is 0.188. The van der Waals surface area contributed by atoms with Crippen molar-refractivity contribution in [2.75, 3.05) is 15.9 Å². The summed E-state index contributed by atoms with van der Waals surface area (Å²) in [4.78, 5) is 12.4. The number of benzene rings is 2. The Bertz CT molecular complexity index is 731. The lowest BCUT2D eigenvalue weighted by Gasteiger charge is -2.28. The number of rotatable bonds is 5. The zero-order chi connectivity index (χ0) is 16.2. The maximum Gasteiger partial charge on any atom is 0.247 e. The first-order valence-corrected chi connectivity index (χ1v) is 8.65. The van der Waals surface area contributed by atoms with E-state index in [1.807, 2.05) is 6.07 Å². The third kappa shape index (κ3) is 3.85. The van der Waals surface area contributed by atoms with E-state index in [2.05, 4.69) is 5.32 Å². The molecule has 2 aromatic carbocycles. The highest BCUT2D eigenvalue weighted by molar-refractivity contribution is 7.92. The van der Waals surface area contributed by atoms with Crippen LogP contribution in [0.15, 0.2) is 60.7 Å². The number of carbonyl (C=O) groups excluding carboxylic acids is 1. The van der Waals surface area contributed by atoms with E-state index >= 15 is 0 Å². The third-order valence-corrected chi connectivity index (χ3v) is 4.38. The second kappa shape index (κ2) is 6.62. The Morgan fingerprint density at radius 1 is 1.00 bits per heavy atom. The normalized spacial score (nSPS) is 12.5. The molecule has 0 heterocycles. The highest BCUT2D eigenvalue weighted by Gasteiger charge is 2.28. The van der Waals surface area contributed by atoms with Crippen LogP contribution in [0.3, 0.4) is 0 Å². The van der Waals surface area contributed by atoms with Gasteiger partial charge in [0.2, 0.25) is 15.9 Å². The van der Waals surface area contributed by atoms with E-state index in [1.165, 1.54) is 0 Å². The highest BCUT2D eigenvalue weighted by atomic mass is 32.2. The molecule has 0 aliphatic carbocycles. The summed E-state index contributed by atoms with van der Waals surface area (Å²) in [5, 5.41) is 2.72. The largest absolute Gasteiger partial charge is 0.324 e. The smallest absolute Gasteiger partial charge is 0.247 e. The molecule has 22 heavy (non-hydrogen) atoms. The average Bonchev–Trinajstić information content (AvgIpc) is 2.48. The van der Waals surface area contributed by atoms with E-state index in [1.54, 1.807) is 61.5 Å². The third-order valence-electron chi connectivity index (χ3n) is 3.14. The topological polar surface area (TPSA) is 66.5 Å². The van der Waals surface area contributed by atoms with Crippen LogP contribution in [0.2, 0.25) is 0 Å². The Kier molecular flexibility index (Phi) is 4.82. The Hall–Kier alpha value is -2.34.